The molecule has 0 aliphatic carbocycles. The van der Waals surface area contributed by atoms with Gasteiger partial charge >= 0.3 is 6.09 Å². The summed E-state index contributed by atoms with van der Waals surface area (Å²) in [5, 5.41) is 15.7. The monoisotopic (exact) mass is 157 g/mol. The average molecular weight is 157 g/mol. The first-order chi connectivity index (χ1) is 5.13. The van der Waals surface area contributed by atoms with Crippen LogP contribution < -0.4 is 5.73 Å². The number of amidine groups is 1. The number of carboxylic acid groups (broad SMARTS) is 1. The molecule has 1 atom stereocenters. The second kappa shape index (κ2) is 2.77. The van der Waals surface area contributed by atoms with Gasteiger partial charge < -0.3 is 10.8 Å². The van der Waals surface area contributed by atoms with Crippen molar-refractivity contribution >= 4 is 11.9 Å². The molecule has 11 heavy (non-hydrogen) atoms. The van der Waals surface area contributed by atoms with Gasteiger partial charge in [0.25, 0.3) is 0 Å². The van der Waals surface area contributed by atoms with Crippen LogP contribution in [0.1, 0.15) is 12.8 Å². The van der Waals surface area contributed by atoms with Crippen LogP contribution in [0.4, 0.5) is 4.79 Å². The standard InChI is InChI=1S/C6H11N3O2/c7-5(8)4-2-1-3-9(4)6(10)11/h4H,1-3H2,(H3,7,8)(H,10,11). The van der Waals surface area contributed by atoms with Gasteiger partial charge in [-0.2, -0.15) is 0 Å². The van der Waals surface area contributed by atoms with Crippen molar-refractivity contribution in [2.45, 2.75) is 18.9 Å². The molecule has 0 radical (unpaired) electrons. The van der Waals surface area contributed by atoms with E-state index >= 15 is 0 Å². The highest BCUT2D eigenvalue weighted by molar-refractivity contribution is 5.86. The lowest BCUT2D eigenvalue weighted by Crippen LogP contribution is -2.42. The minimum atomic E-state index is -0.984. The van der Waals surface area contributed by atoms with Crippen molar-refractivity contribution < 1.29 is 9.90 Å². The Kier molecular flexibility index (Phi) is 1.98. The van der Waals surface area contributed by atoms with E-state index in [4.69, 9.17) is 16.2 Å². The number of hydrogen-bond acceptors (Lipinski definition) is 2. The molecule has 62 valence electrons. The van der Waals surface area contributed by atoms with E-state index in [0.717, 1.165) is 6.42 Å². The molecule has 0 saturated carbocycles. The SMILES string of the molecule is N=C(N)C1CCCN1C(=O)O. The lowest BCUT2D eigenvalue weighted by molar-refractivity contribution is 0.149. The first kappa shape index (κ1) is 7.84. The summed E-state index contributed by atoms with van der Waals surface area (Å²) in [4.78, 5) is 11.7. The summed E-state index contributed by atoms with van der Waals surface area (Å²) in [6.07, 6.45) is 0.501. The van der Waals surface area contributed by atoms with E-state index in [0.29, 0.717) is 13.0 Å². The van der Waals surface area contributed by atoms with Crippen molar-refractivity contribution in [2.24, 2.45) is 5.73 Å². The number of nitrogens with zero attached hydrogens (tertiary/aromatic N) is 1. The van der Waals surface area contributed by atoms with Crippen molar-refractivity contribution in [1.29, 1.82) is 5.41 Å². The molecule has 5 heteroatoms. The predicted molar refractivity (Wildman–Crippen MR) is 39.7 cm³/mol. The highest BCUT2D eigenvalue weighted by atomic mass is 16.4. The van der Waals surface area contributed by atoms with Crippen molar-refractivity contribution in [2.75, 3.05) is 6.54 Å². The van der Waals surface area contributed by atoms with E-state index in [1.165, 1.54) is 4.90 Å². The Labute approximate surface area is 64.3 Å². The fourth-order valence-corrected chi connectivity index (χ4v) is 1.32. The molecule has 0 aromatic carbocycles. The topological polar surface area (TPSA) is 90.4 Å². The maximum Gasteiger partial charge on any atom is 0.407 e. The number of nitrogens with two attached hydrogens (primary N) is 1. The average Bonchev–Trinajstić information content (AvgIpc) is 2.32. The van der Waals surface area contributed by atoms with Gasteiger partial charge in [0.15, 0.2) is 0 Å². The molecule has 1 unspecified atom stereocenters. The molecular formula is C6H11N3O2. The molecule has 1 aliphatic heterocycles. The van der Waals surface area contributed by atoms with Crippen LogP contribution >= 0.6 is 0 Å². The van der Waals surface area contributed by atoms with Crippen LogP contribution in [0, 0.1) is 5.41 Å². The minimum absolute atomic E-state index is 0.0510. The van der Waals surface area contributed by atoms with E-state index in [-0.39, 0.29) is 11.9 Å². The maximum absolute atomic E-state index is 10.5. The third-order valence-corrected chi connectivity index (χ3v) is 1.86. The zero-order valence-corrected chi connectivity index (χ0v) is 6.08. The zero-order valence-electron chi connectivity index (χ0n) is 6.08. The molecule has 1 amide bonds. The second-order valence-electron chi connectivity index (χ2n) is 2.59. The van der Waals surface area contributed by atoms with E-state index < -0.39 is 6.09 Å². The smallest absolute Gasteiger partial charge is 0.407 e. The first-order valence-electron chi connectivity index (χ1n) is 3.46. The van der Waals surface area contributed by atoms with Crippen LogP contribution in [0.15, 0.2) is 0 Å². The zero-order chi connectivity index (χ0) is 8.43. The molecule has 0 aromatic rings. The highest BCUT2D eigenvalue weighted by Crippen LogP contribution is 2.16. The number of likely N-dealkylation sites (tertiary alicyclic amines) is 1. The number of hydrogen-bond donors (Lipinski definition) is 3. The van der Waals surface area contributed by atoms with E-state index in [9.17, 15) is 4.79 Å². The van der Waals surface area contributed by atoms with Gasteiger partial charge in [-0.05, 0) is 12.8 Å². The summed E-state index contributed by atoms with van der Waals surface area (Å²) in [7, 11) is 0. The lowest BCUT2D eigenvalue weighted by Gasteiger charge is -2.19. The van der Waals surface area contributed by atoms with Gasteiger partial charge in [0, 0.05) is 6.54 Å². The Bertz CT molecular complexity index is 172. The van der Waals surface area contributed by atoms with Gasteiger partial charge in [-0.1, -0.05) is 0 Å². The molecule has 1 heterocycles. The maximum atomic E-state index is 10.5. The number of nitrogens with one attached hydrogen (secondary N) is 1. The summed E-state index contributed by atoms with van der Waals surface area (Å²) in [6, 6.07) is -0.382. The van der Waals surface area contributed by atoms with Gasteiger partial charge in [0.2, 0.25) is 0 Å². The van der Waals surface area contributed by atoms with Crippen LogP contribution in [0.3, 0.4) is 0 Å². The molecule has 0 bridgehead atoms. The Morgan fingerprint density at radius 1 is 1.73 bits per heavy atom. The summed E-state index contributed by atoms with van der Waals surface area (Å²) in [5.41, 5.74) is 5.20. The third-order valence-electron chi connectivity index (χ3n) is 1.86. The lowest BCUT2D eigenvalue weighted by atomic mass is 10.2. The van der Waals surface area contributed by atoms with Gasteiger partial charge in [-0.25, -0.2) is 4.79 Å². The van der Waals surface area contributed by atoms with Gasteiger partial charge in [-0.15, -0.1) is 0 Å². The normalized spacial score (nSPS) is 23.6. The molecule has 5 nitrogen and oxygen atoms in total. The van der Waals surface area contributed by atoms with Crippen LogP contribution in [-0.4, -0.2) is 34.5 Å². The Morgan fingerprint density at radius 2 is 2.36 bits per heavy atom. The molecule has 1 fully saturated rings. The molecule has 1 saturated heterocycles. The summed E-state index contributed by atoms with van der Waals surface area (Å²) < 4.78 is 0. The van der Waals surface area contributed by atoms with E-state index in [2.05, 4.69) is 0 Å². The fraction of sp³-hybridized carbons (Fsp3) is 0.667. The quantitative estimate of drug-likeness (QED) is 0.371. The van der Waals surface area contributed by atoms with Crippen LogP contribution in [0.2, 0.25) is 0 Å². The van der Waals surface area contributed by atoms with Gasteiger partial charge in [0.05, 0.1) is 6.04 Å². The predicted octanol–water partition coefficient (Wildman–Crippen LogP) is 0.0648. The molecule has 1 rings (SSSR count). The van der Waals surface area contributed by atoms with Crippen LogP contribution in [-0.2, 0) is 0 Å². The molecule has 1 aliphatic rings. The number of amides is 1. The minimum Gasteiger partial charge on any atom is -0.465 e. The van der Waals surface area contributed by atoms with E-state index in [1.54, 1.807) is 0 Å². The Morgan fingerprint density at radius 3 is 2.73 bits per heavy atom. The van der Waals surface area contributed by atoms with Crippen molar-refractivity contribution in [3.05, 3.63) is 0 Å². The number of rotatable bonds is 1. The second-order valence-corrected chi connectivity index (χ2v) is 2.59. The largest absolute Gasteiger partial charge is 0.465 e. The van der Waals surface area contributed by atoms with Crippen LogP contribution in [0.25, 0.3) is 0 Å². The summed E-state index contributed by atoms with van der Waals surface area (Å²) >= 11 is 0. The third kappa shape index (κ3) is 1.42. The summed E-state index contributed by atoms with van der Waals surface area (Å²) in [6.45, 7) is 0.500. The molecule has 4 N–H and O–H groups in total. The molecule has 0 spiro atoms. The molecular weight excluding hydrogens is 146 g/mol. The fourth-order valence-electron chi connectivity index (χ4n) is 1.32. The first-order valence-corrected chi connectivity index (χ1v) is 3.46. The number of carbonyl (C=O) groups is 1. The summed E-state index contributed by atoms with van der Waals surface area (Å²) in [5.74, 6) is -0.0510. The highest BCUT2D eigenvalue weighted by Gasteiger charge is 2.30. The van der Waals surface area contributed by atoms with Crippen molar-refractivity contribution in [1.82, 2.24) is 4.90 Å². The van der Waals surface area contributed by atoms with Crippen molar-refractivity contribution in [3.8, 4) is 0 Å². The van der Waals surface area contributed by atoms with Gasteiger partial charge in [0.1, 0.15) is 5.84 Å². The van der Waals surface area contributed by atoms with E-state index in [1.807, 2.05) is 0 Å². The van der Waals surface area contributed by atoms with Crippen LogP contribution in [0.5, 0.6) is 0 Å². The van der Waals surface area contributed by atoms with Gasteiger partial charge in [-0.3, -0.25) is 10.3 Å². The Balaban J connectivity index is 2.65. The Hall–Kier alpha value is -1.26. The molecule has 0 aromatic heterocycles. The van der Waals surface area contributed by atoms with Crippen molar-refractivity contribution in [3.63, 3.8) is 0 Å².